The summed E-state index contributed by atoms with van der Waals surface area (Å²) >= 11 is 0. The lowest BCUT2D eigenvalue weighted by Crippen LogP contribution is -2.48. The van der Waals surface area contributed by atoms with Gasteiger partial charge in [0.1, 0.15) is 11.5 Å². The van der Waals surface area contributed by atoms with Gasteiger partial charge in [0, 0.05) is 61.5 Å². The smallest absolute Gasteiger partial charge is 0.124 e. The monoisotopic (exact) mass is 492 g/mol. The topological polar surface area (TPSA) is 88.8 Å². The number of ether oxygens (including phenoxy) is 2. The highest BCUT2D eigenvalue weighted by molar-refractivity contribution is 5.82. The molecule has 3 heterocycles. The number of aliphatic hydroxyl groups is 1. The van der Waals surface area contributed by atoms with Crippen molar-refractivity contribution in [3.63, 3.8) is 0 Å². The number of fused-ring (bicyclic) bond motifs is 1. The van der Waals surface area contributed by atoms with Crippen LogP contribution in [0.4, 0.5) is 15.9 Å². The maximum atomic E-state index is 13.7. The van der Waals surface area contributed by atoms with E-state index in [1.54, 1.807) is 37.4 Å². The highest BCUT2D eigenvalue weighted by Gasteiger charge is 2.35. The largest absolute Gasteiger partial charge is 0.497 e. The van der Waals surface area contributed by atoms with Crippen LogP contribution in [0.25, 0.3) is 22.3 Å². The van der Waals surface area contributed by atoms with E-state index in [0.29, 0.717) is 29.9 Å². The molecule has 2 aromatic carbocycles. The second-order valence-electron chi connectivity index (χ2n) is 9.12. The molecule has 4 aromatic rings. The van der Waals surface area contributed by atoms with E-state index in [9.17, 15) is 9.59 Å². The van der Waals surface area contributed by atoms with Crippen molar-refractivity contribution in [2.75, 3.05) is 38.8 Å². The molecule has 188 valence electrons. The van der Waals surface area contributed by atoms with Crippen molar-refractivity contribution in [1.82, 2.24) is 24.9 Å². The number of piperidine rings is 1. The molecule has 0 spiro atoms. The number of aryl methyl sites for hydroxylation is 1. The Balaban J connectivity index is 1.59. The molecule has 1 saturated heterocycles. The van der Waals surface area contributed by atoms with E-state index in [1.165, 1.54) is 0 Å². The Morgan fingerprint density at radius 3 is 2.36 bits per heavy atom. The minimum Gasteiger partial charge on any atom is -0.497 e. The zero-order valence-electron chi connectivity index (χ0n) is 20.6. The van der Waals surface area contributed by atoms with E-state index < -0.39 is 5.60 Å². The molecule has 0 saturated carbocycles. The van der Waals surface area contributed by atoms with Crippen molar-refractivity contribution in [1.29, 1.82) is 0 Å². The molecule has 0 amide bonds. The van der Waals surface area contributed by atoms with Gasteiger partial charge in [0.15, 0.2) is 0 Å². The second kappa shape index (κ2) is 9.71. The van der Waals surface area contributed by atoms with E-state index in [1.807, 2.05) is 48.5 Å². The third kappa shape index (κ3) is 4.95. The quantitative estimate of drug-likeness (QED) is 0.389. The molecule has 10 heteroatoms. The first kappa shape index (κ1) is 24.0. The second-order valence-corrected chi connectivity index (χ2v) is 9.12. The summed E-state index contributed by atoms with van der Waals surface area (Å²) in [6, 6.07) is 11.4. The Hall–Kier alpha value is -3.76. The van der Waals surface area contributed by atoms with Gasteiger partial charge in [0.2, 0.25) is 0 Å². The third-order valence-corrected chi connectivity index (χ3v) is 6.58. The fourth-order valence-electron chi connectivity index (χ4n) is 4.49. The van der Waals surface area contributed by atoms with Crippen molar-refractivity contribution in [3.05, 3.63) is 55.0 Å². The summed E-state index contributed by atoms with van der Waals surface area (Å²) in [6.45, 7) is 0.630. The number of nitrogens with zero attached hydrogens (tertiary/aromatic N) is 6. The lowest BCUT2D eigenvalue weighted by atomic mass is 9.91. The van der Waals surface area contributed by atoms with Gasteiger partial charge in [-0.1, -0.05) is 0 Å². The third-order valence-electron chi connectivity index (χ3n) is 6.58. The van der Waals surface area contributed by atoms with Crippen molar-refractivity contribution in [3.8, 4) is 22.8 Å². The van der Waals surface area contributed by atoms with E-state index in [4.69, 9.17) is 14.5 Å². The number of aromatic nitrogens is 4. The fraction of sp³-hybridized carbons (Fsp3) is 0.346. The van der Waals surface area contributed by atoms with Crippen LogP contribution in [-0.4, -0.2) is 69.4 Å². The average molecular weight is 493 g/mol. The van der Waals surface area contributed by atoms with Crippen molar-refractivity contribution >= 4 is 22.4 Å². The zero-order chi connectivity index (χ0) is 25.3. The number of hydrogen-bond donors (Lipinski definition) is 1. The van der Waals surface area contributed by atoms with Gasteiger partial charge in [0.25, 0.3) is 0 Å². The summed E-state index contributed by atoms with van der Waals surface area (Å²) < 4.78 is 26.4. The summed E-state index contributed by atoms with van der Waals surface area (Å²) in [4.78, 5) is 11.4. The molecule has 0 aliphatic carbocycles. The van der Waals surface area contributed by atoms with E-state index in [-0.39, 0.29) is 19.6 Å². The Morgan fingerprint density at radius 2 is 1.72 bits per heavy atom. The molecule has 0 atom stereocenters. The number of methoxy groups -OCH3 is 2. The van der Waals surface area contributed by atoms with Gasteiger partial charge in [0.05, 0.1) is 55.5 Å². The van der Waals surface area contributed by atoms with Crippen molar-refractivity contribution in [2.24, 2.45) is 7.05 Å². The SMILES string of the molecule is COc1cc(OC)cc(N(CC2(O)CCN(F)CC2)c2ccc3ncc(-c4cnn(C)c4)nc3c2)c1. The number of anilines is 2. The molecule has 1 N–H and O–H groups in total. The van der Waals surface area contributed by atoms with Crippen LogP contribution in [-0.2, 0) is 7.05 Å². The molecule has 1 fully saturated rings. The lowest BCUT2D eigenvalue weighted by Gasteiger charge is -2.39. The first-order valence-electron chi connectivity index (χ1n) is 11.8. The maximum Gasteiger partial charge on any atom is 0.124 e. The van der Waals surface area contributed by atoms with Crippen molar-refractivity contribution < 1.29 is 19.1 Å². The molecule has 0 unspecified atom stereocenters. The van der Waals surface area contributed by atoms with Gasteiger partial charge in [-0.05, 0) is 31.0 Å². The molecule has 0 bridgehead atoms. The zero-order valence-corrected chi connectivity index (χ0v) is 20.6. The molecular weight excluding hydrogens is 463 g/mol. The summed E-state index contributed by atoms with van der Waals surface area (Å²) in [5.74, 6) is 1.25. The summed E-state index contributed by atoms with van der Waals surface area (Å²) in [7, 11) is 5.05. The van der Waals surface area contributed by atoms with Crippen LogP contribution in [0.5, 0.6) is 11.5 Å². The molecule has 1 aliphatic rings. The number of rotatable bonds is 7. The first-order valence-corrected chi connectivity index (χ1v) is 11.8. The minimum atomic E-state index is -1.07. The van der Waals surface area contributed by atoms with Crippen LogP contribution in [0.3, 0.4) is 0 Å². The van der Waals surface area contributed by atoms with Crippen molar-refractivity contribution in [2.45, 2.75) is 18.4 Å². The van der Waals surface area contributed by atoms with Crippen LogP contribution in [0.15, 0.2) is 55.0 Å². The molecule has 0 radical (unpaired) electrons. The van der Waals surface area contributed by atoms with Crippen LogP contribution in [0, 0.1) is 0 Å². The highest BCUT2D eigenvalue weighted by Crippen LogP contribution is 2.37. The van der Waals surface area contributed by atoms with Gasteiger partial charge in [-0.3, -0.25) is 9.67 Å². The molecule has 1 aliphatic heterocycles. The van der Waals surface area contributed by atoms with Gasteiger partial charge >= 0.3 is 0 Å². The van der Waals surface area contributed by atoms with E-state index in [2.05, 4.69) is 10.1 Å². The lowest BCUT2D eigenvalue weighted by molar-refractivity contribution is -0.0780. The summed E-state index contributed by atoms with van der Waals surface area (Å²) in [5.41, 5.74) is 3.56. The predicted octanol–water partition coefficient (Wildman–Crippen LogP) is 3.90. The number of hydrogen-bond acceptors (Lipinski definition) is 8. The molecule has 2 aromatic heterocycles. The first-order chi connectivity index (χ1) is 17.4. The molecular formula is C26H29FN6O3. The Kier molecular flexibility index (Phi) is 6.46. The normalized spacial score (nSPS) is 15.7. The van der Waals surface area contributed by atoms with Gasteiger partial charge in [-0.15, -0.1) is 9.60 Å². The van der Waals surface area contributed by atoms with Gasteiger partial charge in [-0.25, -0.2) is 4.98 Å². The predicted molar refractivity (Wildman–Crippen MR) is 135 cm³/mol. The molecule has 36 heavy (non-hydrogen) atoms. The fourth-order valence-corrected chi connectivity index (χ4v) is 4.49. The van der Waals surface area contributed by atoms with Crippen LogP contribution in [0.2, 0.25) is 0 Å². The Labute approximate surface area is 208 Å². The highest BCUT2D eigenvalue weighted by atomic mass is 19.2. The van der Waals surface area contributed by atoms with Gasteiger partial charge < -0.3 is 19.5 Å². The molecule has 5 rings (SSSR count). The maximum absolute atomic E-state index is 13.7. The Morgan fingerprint density at radius 1 is 1.00 bits per heavy atom. The van der Waals surface area contributed by atoms with Gasteiger partial charge in [-0.2, -0.15) is 5.10 Å². The average Bonchev–Trinajstić information content (AvgIpc) is 3.34. The number of benzene rings is 2. The van der Waals surface area contributed by atoms with E-state index >= 15 is 0 Å². The summed E-state index contributed by atoms with van der Waals surface area (Å²) in [6.07, 6.45) is 6.01. The van der Waals surface area contributed by atoms with Crippen LogP contribution < -0.4 is 14.4 Å². The Bertz CT molecular complexity index is 1350. The number of halogens is 1. The van der Waals surface area contributed by atoms with Crippen LogP contribution in [0.1, 0.15) is 12.8 Å². The minimum absolute atomic E-state index is 0.184. The summed E-state index contributed by atoms with van der Waals surface area (Å²) in [5, 5.41) is 16.4. The molecule has 9 nitrogen and oxygen atoms in total. The standard InChI is InChI=1S/C26H29FN6O3/c1-31-16-18(14-29-31)25-15-28-23-5-4-19(12-24(23)30-25)33(17-26(34)6-8-32(27)9-7-26)20-10-21(35-2)13-22(11-20)36-3/h4-5,10-16,34H,6-9,17H2,1-3H3. The van der Waals surface area contributed by atoms with Crippen LogP contribution >= 0.6 is 0 Å². The van der Waals surface area contributed by atoms with E-state index in [0.717, 1.165) is 33.3 Å².